The molecule has 0 unspecified atom stereocenters. The molecular formula is C20H40O8. The predicted molar refractivity (Wildman–Crippen MR) is 103 cm³/mol. The highest BCUT2D eigenvalue weighted by molar-refractivity contribution is 5.02. The first-order valence-corrected chi connectivity index (χ1v) is 10.1. The highest BCUT2D eigenvalue weighted by Gasteiger charge is 2.51. The van der Waals surface area contributed by atoms with Crippen LogP contribution in [0, 0.1) is 23.7 Å². The molecule has 28 heavy (non-hydrogen) atoms. The summed E-state index contributed by atoms with van der Waals surface area (Å²) < 4.78 is 0. The Balaban J connectivity index is 0.000000280. The van der Waals surface area contributed by atoms with E-state index in [0.717, 1.165) is 0 Å². The zero-order valence-electron chi connectivity index (χ0n) is 17.8. The second kappa shape index (κ2) is 9.22. The molecule has 0 aromatic carbocycles. The lowest BCUT2D eigenvalue weighted by molar-refractivity contribution is -0.215. The van der Waals surface area contributed by atoms with Gasteiger partial charge in [-0.3, -0.25) is 0 Å². The first kappa shape index (κ1) is 25.7. The Bertz CT molecular complexity index is 445. The Morgan fingerprint density at radius 3 is 1.07 bits per heavy atom. The maximum absolute atomic E-state index is 9.74. The van der Waals surface area contributed by atoms with Crippen molar-refractivity contribution in [1.82, 2.24) is 0 Å². The van der Waals surface area contributed by atoms with Crippen LogP contribution in [0.2, 0.25) is 0 Å². The van der Waals surface area contributed by atoms with E-state index in [-0.39, 0.29) is 23.7 Å². The van der Waals surface area contributed by atoms with E-state index >= 15 is 0 Å². The topological polar surface area (TPSA) is 162 Å². The fourth-order valence-electron chi connectivity index (χ4n) is 4.16. The molecule has 0 spiro atoms. The first-order chi connectivity index (χ1) is 12.6. The monoisotopic (exact) mass is 408 g/mol. The van der Waals surface area contributed by atoms with Crippen LogP contribution in [-0.2, 0) is 0 Å². The zero-order chi connectivity index (χ0) is 22.2. The van der Waals surface area contributed by atoms with Crippen molar-refractivity contribution in [2.24, 2.45) is 23.7 Å². The van der Waals surface area contributed by atoms with Gasteiger partial charge in [-0.05, 0) is 50.4 Å². The largest absolute Gasteiger partial charge is 0.390 e. The highest BCUT2D eigenvalue weighted by Crippen LogP contribution is 2.37. The Kier molecular flexibility index (Phi) is 8.47. The molecule has 8 heteroatoms. The van der Waals surface area contributed by atoms with E-state index in [0.29, 0.717) is 12.8 Å². The third kappa shape index (κ3) is 5.05. The average Bonchev–Trinajstić information content (AvgIpc) is 2.58. The van der Waals surface area contributed by atoms with Gasteiger partial charge in [-0.15, -0.1) is 0 Å². The number of rotatable bonds is 2. The second-order valence-corrected chi connectivity index (χ2v) is 9.64. The molecule has 10 atom stereocenters. The summed E-state index contributed by atoms with van der Waals surface area (Å²) in [7, 11) is 0. The summed E-state index contributed by atoms with van der Waals surface area (Å²) >= 11 is 0. The first-order valence-electron chi connectivity index (χ1n) is 10.1. The molecule has 0 radical (unpaired) electrons. The summed E-state index contributed by atoms with van der Waals surface area (Å²) in [6, 6.07) is 0. The van der Waals surface area contributed by atoms with E-state index in [4.69, 9.17) is 0 Å². The Hall–Kier alpha value is -0.320. The van der Waals surface area contributed by atoms with Crippen LogP contribution in [0.5, 0.6) is 0 Å². The Morgan fingerprint density at radius 1 is 0.607 bits per heavy atom. The third-order valence-corrected chi connectivity index (χ3v) is 6.77. The molecule has 2 aliphatic carbocycles. The van der Waals surface area contributed by atoms with E-state index in [9.17, 15) is 40.9 Å². The molecule has 0 bridgehead atoms. The summed E-state index contributed by atoms with van der Waals surface area (Å²) in [6.07, 6.45) is -5.80. The van der Waals surface area contributed by atoms with E-state index < -0.39 is 47.8 Å². The summed E-state index contributed by atoms with van der Waals surface area (Å²) in [5.41, 5.74) is -3.21. The molecule has 8 N–H and O–H groups in total. The minimum absolute atomic E-state index is 0.166. The van der Waals surface area contributed by atoms with Gasteiger partial charge < -0.3 is 40.9 Å². The molecule has 0 aromatic heterocycles. The van der Waals surface area contributed by atoms with Crippen molar-refractivity contribution in [3.05, 3.63) is 0 Å². The van der Waals surface area contributed by atoms with Crippen molar-refractivity contribution in [2.45, 2.75) is 102 Å². The van der Waals surface area contributed by atoms with Crippen LogP contribution in [0.4, 0.5) is 0 Å². The molecule has 0 saturated heterocycles. The Labute approximate surface area is 167 Å². The number of aliphatic hydroxyl groups excluding tert-OH is 6. The summed E-state index contributed by atoms with van der Waals surface area (Å²) in [5, 5.41) is 77.4. The van der Waals surface area contributed by atoms with Gasteiger partial charge in [-0.25, -0.2) is 0 Å². The van der Waals surface area contributed by atoms with Crippen LogP contribution in [-0.4, -0.2) is 88.7 Å². The van der Waals surface area contributed by atoms with Crippen LogP contribution >= 0.6 is 0 Å². The summed E-state index contributed by atoms with van der Waals surface area (Å²) in [6.45, 7) is 10.4. The average molecular weight is 409 g/mol. The van der Waals surface area contributed by atoms with Crippen molar-refractivity contribution < 1.29 is 40.9 Å². The maximum atomic E-state index is 9.74. The number of hydrogen-bond donors (Lipinski definition) is 8. The van der Waals surface area contributed by atoms with Gasteiger partial charge in [0.1, 0.15) is 23.4 Å². The van der Waals surface area contributed by atoms with Crippen LogP contribution in [0.15, 0.2) is 0 Å². The minimum atomic E-state index is -1.61. The molecular weight excluding hydrogens is 368 g/mol. The molecule has 168 valence electrons. The lowest BCUT2D eigenvalue weighted by atomic mass is 9.70. The molecule has 2 rings (SSSR count). The van der Waals surface area contributed by atoms with Gasteiger partial charge in [0.25, 0.3) is 0 Å². The third-order valence-electron chi connectivity index (χ3n) is 6.77. The van der Waals surface area contributed by atoms with E-state index in [1.807, 2.05) is 27.7 Å². The quantitative estimate of drug-likeness (QED) is 0.288. The van der Waals surface area contributed by atoms with Gasteiger partial charge in [0.2, 0.25) is 0 Å². The van der Waals surface area contributed by atoms with Crippen molar-refractivity contribution in [2.75, 3.05) is 0 Å². The number of aliphatic hydroxyl groups is 8. The van der Waals surface area contributed by atoms with Crippen LogP contribution in [0.1, 0.15) is 54.4 Å². The lowest BCUT2D eigenvalue weighted by Crippen LogP contribution is -2.62. The zero-order valence-corrected chi connectivity index (χ0v) is 17.8. The highest BCUT2D eigenvalue weighted by atomic mass is 16.4. The van der Waals surface area contributed by atoms with Crippen molar-refractivity contribution in [3.8, 4) is 0 Å². The summed E-state index contributed by atoms with van der Waals surface area (Å²) in [4.78, 5) is 0. The van der Waals surface area contributed by atoms with E-state index in [1.54, 1.807) is 0 Å². The molecule has 8 nitrogen and oxygen atoms in total. The van der Waals surface area contributed by atoms with E-state index in [2.05, 4.69) is 0 Å². The minimum Gasteiger partial charge on any atom is -0.390 e. The fraction of sp³-hybridized carbons (Fsp3) is 1.00. The van der Waals surface area contributed by atoms with Crippen molar-refractivity contribution >= 4 is 0 Å². The van der Waals surface area contributed by atoms with Crippen LogP contribution in [0.3, 0.4) is 0 Å². The Morgan fingerprint density at radius 2 is 0.857 bits per heavy atom. The normalized spacial score (nSPS) is 49.7. The van der Waals surface area contributed by atoms with E-state index in [1.165, 1.54) is 13.8 Å². The summed E-state index contributed by atoms with van der Waals surface area (Å²) in [5.74, 6) is 0.0104. The smallest absolute Gasteiger partial charge is 0.116 e. The van der Waals surface area contributed by atoms with Gasteiger partial charge >= 0.3 is 0 Å². The maximum Gasteiger partial charge on any atom is 0.116 e. The van der Waals surface area contributed by atoms with Crippen molar-refractivity contribution in [3.63, 3.8) is 0 Å². The van der Waals surface area contributed by atoms with Gasteiger partial charge in [-0.2, -0.15) is 0 Å². The lowest BCUT2D eigenvalue weighted by Gasteiger charge is -2.46. The second-order valence-electron chi connectivity index (χ2n) is 9.64. The molecule has 2 fully saturated rings. The van der Waals surface area contributed by atoms with Crippen LogP contribution < -0.4 is 0 Å². The fourth-order valence-corrected chi connectivity index (χ4v) is 4.16. The SMILES string of the molecule is CC(C)[C@H]1C[C@@H](O)[C@](C)(O)[C@H](O)[C@H]1O.CC(C)[C@H]1C[C@@H](O)[C@](C)(O)[C@H](O)[C@H]1O. The molecule has 0 heterocycles. The standard InChI is InChI=1S/2C10H20O4/c2*1-5(2)6-4-7(11)10(3,14)9(13)8(6)12/h2*5-9,11-14H,4H2,1-3H3/t2*6-,7-,8+,9-,10+/m11/s1. The van der Waals surface area contributed by atoms with Gasteiger partial charge in [0.05, 0.1) is 24.4 Å². The predicted octanol–water partition coefficient (Wildman–Crippen LogP) is -1.01. The van der Waals surface area contributed by atoms with Gasteiger partial charge in [-0.1, -0.05) is 27.7 Å². The molecule has 2 aliphatic rings. The van der Waals surface area contributed by atoms with Crippen molar-refractivity contribution in [1.29, 1.82) is 0 Å². The molecule has 0 amide bonds. The molecule has 2 saturated carbocycles. The number of hydrogen-bond acceptors (Lipinski definition) is 8. The van der Waals surface area contributed by atoms with Crippen LogP contribution in [0.25, 0.3) is 0 Å². The van der Waals surface area contributed by atoms with Gasteiger partial charge in [0, 0.05) is 0 Å². The molecule has 0 aliphatic heterocycles. The van der Waals surface area contributed by atoms with Gasteiger partial charge in [0.15, 0.2) is 0 Å². The molecule has 0 aromatic rings.